The summed E-state index contributed by atoms with van der Waals surface area (Å²) in [4.78, 5) is 0. The van der Waals surface area contributed by atoms with Gasteiger partial charge in [0.2, 0.25) is 0 Å². The van der Waals surface area contributed by atoms with E-state index >= 15 is 0 Å². The molecule has 1 aromatic carbocycles. The predicted molar refractivity (Wildman–Crippen MR) is 71.8 cm³/mol. The van der Waals surface area contributed by atoms with Gasteiger partial charge in [-0.3, -0.25) is 9.05 Å². The highest BCUT2D eigenvalue weighted by atomic mass is 31.2. The Morgan fingerprint density at radius 1 is 1.25 bits per heavy atom. The zero-order chi connectivity index (χ0) is 15.0. The predicted octanol–water partition coefficient (Wildman–Crippen LogP) is 4.04. The van der Waals surface area contributed by atoms with Crippen molar-refractivity contribution in [3.63, 3.8) is 0 Å². The Hall–Kier alpha value is -1.41. The van der Waals surface area contributed by atoms with Crippen molar-refractivity contribution in [3.8, 4) is 11.8 Å². The highest BCUT2D eigenvalue weighted by Gasteiger charge is 2.28. The lowest BCUT2D eigenvalue weighted by atomic mass is 10.2. The summed E-state index contributed by atoms with van der Waals surface area (Å²) in [5.74, 6) is -0.750. The molecule has 0 saturated carbocycles. The molecule has 0 aliphatic rings. The summed E-state index contributed by atoms with van der Waals surface area (Å²) in [5.41, 5.74) is -0.115. The molecule has 0 saturated heterocycles. The van der Waals surface area contributed by atoms with E-state index in [1.807, 2.05) is 13.8 Å². The molecule has 5 nitrogen and oxygen atoms in total. The van der Waals surface area contributed by atoms with E-state index in [1.165, 1.54) is 12.1 Å². The van der Waals surface area contributed by atoms with Crippen LogP contribution in [0.2, 0.25) is 0 Å². The number of nitriles is 1. The maximum atomic E-state index is 13.5. The van der Waals surface area contributed by atoms with Crippen LogP contribution in [-0.4, -0.2) is 13.2 Å². The van der Waals surface area contributed by atoms with Crippen LogP contribution in [-0.2, 0) is 13.6 Å². The largest absolute Gasteiger partial charge is 0.530 e. The van der Waals surface area contributed by atoms with Crippen LogP contribution in [0.1, 0.15) is 32.3 Å². The molecule has 0 aromatic heterocycles. The SMILES string of the molecule is CCCOP(=O)(OCCC)Oc1ccc(C#N)c(F)c1. The van der Waals surface area contributed by atoms with Gasteiger partial charge in [0.05, 0.1) is 18.8 Å². The molecule has 20 heavy (non-hydrogen) atoms. The van der Waals surface area contributed by atoms with Crippen molar-refractivity contribution in [1.82, 2.24) is 0 Å². The molecule has 110 valence electrons. The maximum Gasteiger partial charge on any atom is 0.530 e. The van der Waals surface area contributed by atoms with Gasteiger partial charge >= 0.3 is 7.82 Å². The first-order valence-corrected chi connectivity index (χ1v) is 7.79. The second-order valence-electron chi connectivity index (χ2n) is 3.96. The van der Waals surface area contributed by atoms with Gasteiger partial charge in [0.15, 0.2) is 0 Å². The maximum absolute atomic E-state index is 13.5. The lowest BCUT2D eigenvalue weighted by molar-refractivity contribution is 0.155. The first-order chi connectivity index (χ1) is 9.54. The fourth-order valence-corrected chi connectivity index (χ4v) is 2.63. The van der Waals surface area contributed by atoms with E-state index in [1.54, 1.807) is 6.07 Å². The number of nitrogens with zero attached hydrogens (tertiary/aromatic N) is 1. The lowest BCUT2D eigenvalue weighted by Crippen LogP contribution is -2.04. The summed E-state index contributed by atoms with van der Waals surface area (Å²) in [5, 5.41) is 8.64. The Morgan fingerprint density at radius 2 is 1.85 bits per heavy atom. The molecule has 0 aliphatic carbocycles. The highest BCUT2D eigenvalue weighted by Crippen LogP contribution is 2.49. The normalized spacial score (nSPS) is 11.1. The summed E-state index contributed by atoms with van der Waals surface area (Å²) in [6, 6.07) is 5.26. The van der Waals surface area contributed by atoms with Gasteiger partial charge < -0.3 is 4.52 Å². The lowest BCUT2D eigenvalue weighted by Gasteiger charge is -2.18. The number of hydrogen-bond acceptors (Lipinski definition) is 5. The molecule has 0 spiro atoms. The second-order valence-corrected chi connectivity index (χ2v) is 5.55. The third kappa shape index (κ3) is 4.93. The van der Waals surface area contributed by atoms with Gasteiger partial charge in [0.25, 0.3) is 0 Å². The number of rotatable bonds is 8. The fraction of sp³-hybridized carbons (Fsp3) is 0.462. The van der Waals surface area contributed by atoms with Gasteiger partial charge in [-0.2, -0.15) is 5.26 Å². The standard InChI is InChI=1S/C13H17FNO4P/c1-3-7-17-20(16,18-8-4-2)19-12-6-5-11(10-15)13(14)9-12/h5-6,9H,3-4,7-8H2,1-2H3. The Kier molecular flexibility index (Phi) is 6.66. The van der Waals surface area contributed by atoms with Gasteiger partial charge in [0.1, 0.15) is 17.6 Å². The highest BCUT2D eigenvalue weighted by molar-refractivity contribution is 7.48. The van der Waals surface area contributed by atoms with Crippen LogP contribution < -0.4 is 4.52 Å². The van der Waals surface area contributed by atoms with Crippen molar-refractivity contribution in [2.24, 2.45) is 0 Å². The average molecular weight is 301 g/mol. The Bertz CT molecular complexity index is 518. The third-order valence-corrected chi connectivity index (χ3v) is 3.62. The minimum absolute atomic E-state index is 0.00274. The molecule has 0 unspecified atom stereocenters. The van der Waals surface area contributed by atoms with Crippen molar-refractivity contribution < 1.29 is 22.5 Å². The van der Waals surface area contributed by atoms with Gasteiger partial charge in [-0.05, 0) is 25.0 Å². The second kappa shape index (κ2) is 8.01. The minimum Gasteiger partial charge on any atom is -0.404 e. The van der Waals surface area contributed by atoms with E-state index in [9.17, 15) is 8.96 Å². The zero-order valence-corrected chi connectivity index (χ0v) is 12.4. The molecule has 0 amide bonds. The van der Waals surface area contributed by atoms with Crippen LogP contribution in [0.3, 0.4) is 0 Å². The third-order valence-electron chi connectivity index (χ3n) is 2.19. The summed E-state index contributed by atoms with van der Waals surface area (Å²) < 4.78 is 41.1. The number of halogens is 1. The van der Waals surface area contributed by atoms with Crippen LogP contribution >= 0.6 is 7.82 Å². The van der Waals surface area contributed by atoms with Crippen LogP contribution in [0.25, 0.3) is 0 Å². The van der Waals surface area contributed by atoms with E-state index in [-0.39, 0.29) is 24.5 Å². The summed E-state index contributed by atoms with van der Waals surface area (Å²) >= 11 is 0. The van der Waals surface area contributed by atoms with E-state index in [0.717, 1.165) is 6.07 Å². The van der Waals surface area contributed by atoms with Crippen LogP contribution in [0, 0.1) is 17.1 Å². The first-order valence-electron chi connectivity index (χ1n) is 6.33. The molecule has 0 radical (unpaired) electrons. The van der Waals surface area contributed by atoms with E-state index in [4.69, 9.17) is 18.8 Å². The number of benzene rings is 1. The zero-order valence-electron chi connectivity index (χ0n) is 11.5. The molecule has 0 bridgehead atoms. The van der Waals surface area contributed by atoms with E-state index < -0.39 is 13.6 Å². The number of phosphoric ester groups is 1. The van der Waals surface area contributed by atoms with E-state index in [0.29, 0.717) is 12.8 Å². The van der Waals surface area contributed by atoms with Gasteiger partial charge in [-0.25, -0.2) is 8.96 Å². The fourth-order valence-electron chi connectivity index (χ4n) is 1.27. The average Bonchev–Trinajstić information content (AvgIpc) is 2.43. The van der Waals surface area contributed by atoms with Crippen molar-refractivity contribution >= 4 is 7.82 Å². The molecule has 1 rings (SSSR count). The van der Waals surface area contributed by atoms with Crippen molar-refractivity contribution in [2.45, 2.75) is 26.7 Å². The summed E-state index contributed by atoms with van der Waals surface area (Å²) in [6.07, 6.45) is 1.29. The van der Waals surface area contributed by atoms with Gasteiger partial charge in [-0.1, -0.05) is 13.8 Å². The summed E-state index contributed by atoms with van der Waals surface area (Å²) in [7, 11) is -3.77. The number of phosphoric acid groups is 1. The van der Waals surface area contributed by atoms with E-state index in [2.05, 4.69) is 0 Å². The Morgan fingerprint density at radius 3 is 2.30 bits per heavy atom. The molecule has 1 aromatic rings. The Labute approximate surface area is 117 Å². The van der Waals surface area contributed by atoms with Crippen LogP contribution in [0.15, 0.2) is 18.2 Å². The molecule has 0 atom stereocenters. The minimum atomic E-state index is -3.77. The van der Waals surface area contributed by atoms with Crippen LogP contribution in [0.5, 0.6) is 5.75 Å². The quantitative estimate of drug-likeness (QED) is 0.678. The van der Waals surface area contributed by atoms with Crippen LogP contribution in [0.4, 0.5) is 4.39 Å². The van der Waals surface area contributed by atoms with Gasteiger partial charge in [0, 0.05) is 6.07 Å². The molecular weight excluding hydrogens is 284 g/mol. The molecule has 7 heteroatoms. The topological polar surface area (TPSA) is 68.6 Å². The number of hydrogen-bond donors (Lipinski definition) is 0. The van der Waals surface area contributed by atoms with Crippen molar-refractivity contribution in [3.05, 3.63) is 29.6 Å². The monoisotopic (exact) mass is 301 g/mol. The molecular formula is C13H17FNO4P. The first kappa shape index (κ1) is 16.6. The van der Waals surface area contributed by atoms with Crippen molar-refractivity contribution in [1.29, 1.82) is 5.26 Å². The molecule has 0 N–H and O–H groups in total. The van der Waals surface area contributed by atoms with Crippen molar-refractivity contribution in [2.75, 3.05) is 13.2 Å². The Balaban J connectivity index is 2.86. The smallest absolute Gasteiger partial charge is 0.404 e. The van der Waals surface area contributed by atoms with Gasteiger partial charge in [-0.15, -0.1) is 0 Å². The molecule has 0 fully saturated rings. The molecule has 0 heterocycles. The molecule has 0 aliphatic heterocycles. The summed E-state index contributed by atoms with van der Waals surface area (Å²) in [6.45, 7) is 4.12.